The molecule has 2 aromatic carbocycles. The van der Waals surface area contributed by atoms with Crippen LogP contribution < -0.4 is 0 Å². The van der Waals surface area contributed by atoms with Gasteiger partial charge in [0.05, 0.1) is 12.3 Å². The second-order valence-corrected chi connectivity index (χ2v) is 4.65. The van der Waals surface area contributed by atoms with Crippen LogP contribution in [0.2, 0.25) is 0 Å². The highest BCUT2D eigenvalue weighted by molar-refractivity contribution is 6.08. The maximum Gasteiger partial charge on any atom is 0.355 e. The van der Waals surface area contributed by atoms with E-state index in [4.69, 9.17) is 4.74 Å². The number of halogens is 1. The van der Waals surface area contributed by atoms with Gasteiger partial charge in [0, 0.05) is 10.8 Å². The van der Waals surface area contributed by atoms with Crippen LogP contribution in [0.1, 0.15) is 17.4 Å². The first kappa shape index (κ1) is 13.4. The number of ether oxygens (including phenoxy) is 1. The highest BCUT2D eigenvalue weighted by Crippen LogP contribution is 2.31. The number of H-pyrrole nitrogens is 1. The topological polar surface area (TPSA) is 42.1 Å². The Kier molecular flexibility index (Phi) is 3.44. The summed E-state index contributed by atoms with van der Waals surface area (Å²) in [5.74, 6) is -0.773. The highest BCUT2D eigenvalue weighted by atomic mass is 19.1. The molecule has 1 heterocycles. The lowest BCUT2D eigenvalue weighted by Crippen LogP contribution is -2.05. The van der Waals surface area contributed by atoms with Crippen molar-refractivity contribution in [2.24, 2.45) is 0 Å². The van der Waals surface area contributed by atoms with Crippen molar-refractivity contribution in [1.29, 1.82) is 0 Å². The van der Waals surface area contributed by atoms with Crippen LogP contribution in [0.15, 0.2) is 48.5 Å². The summed E-state index contributed by atoms with van der Waals surface area (Å²) in [5.41, 5.74) is 1.96. The van der Waals surface area contributed by atoms with E-state index in [0.29, 0.717) is 28.8 Å². The van der Waals surface area contributed by atoms with Crippen molar-refractivity contribution < 1.29 is 13.9 Å². The van der Waals surface area contributed by atoms with Gasteiger partial charge < -0.3 is 9.72 Å². The van der Waals surface area contributed by atoms with Gasteiger partial charge in [0.1, 0.15) is 11.5 Å². The number of nitrogens with one attached hydrogen (secondary N) is 1. The molecule has 0 unspecified atom stereocenters. The zero-order valence-corrected chi connectivity index (χ0v) is 11.5. The van der Waals surface area contributed by atoms with Crippen LogP contribution >= 0.6 is 0 Å². The quantitative estimate of drug-likeness (QED) is 0.734. The Hall–Kier alpha value is -2.62. The number of rotatable bonds is 3. The Morgan fingerprint density at radius 1 is 1.14 bits per heavy atom. The van der Waals surface area contributed by atoms with Crippen LogP contribution in [0.4, 0.5) is 4.39 Å². The van der Waals surface area contributed by atoms with Crippen molar-refractivity contribution in [2.75, 3.05) is 6.61 Å². The second kappa shape index (κ2) is 5.40. The summed E-state index contributed by atoms with van der Waals surface area (Å²) in [6.45, 7) is 2.04. The molecular weight excluding hydrogens is 269 g/mol. The zero-order chi connectivity index (χ0) is 14.8. The molecule has 0 bridgehead atoms. The average molecular weight is 283 g/mol. The Balaban J connectivity index is 2.25. The fraction of sp³-hybridized carbons (Fsp3) is 0.118. The maximum absolute atomic E-state index is 13.6. The standard InChI is InChI=1S/C17H14FNO2/c1-2-21-17(20)16-13-9-8-12(18)10-14(13)15(19-16)11-6-4-3-5-7-11/h3-10,19H,2H2,1H3. The zero-order valence-electron chi connectivity index (χ0n) is 11.5. The van der Waals surface area contributed by atoms with E-state index in [-0.39, 0.29) is 5.82 Å². The summed E-state index contributed by atoms with van der Waals surface area (Å²) >= 11 is 0. The number of carbonyl (C=O) groups excluding carboxylic acids is 1. The predicted molar refractivity (Wildman–Crippen MR) is 79.6 cm³/mol. The lowest BCUT2D eigenvalue weighted by atomic mass is 10.1. The van der Waals surface area contributed by atoms with Crippen LogP contribution in [0.25, 0.3) is 22.0 Å². The van der Waals surface area contributed by atoms with E-state index in [1.165, 1.54) is 12.1 Å². The first-order valence-corrected chi connectivity index (χ1v) is 6.74. The van der Waals surface area contributed by atoms with Crippen LogP contribution in [0.3, 0.4) is 0 Å². The fourth-order valence-corrected chi connectivity index (χ4v) is 2.40. The Morgan fingerprint density at radius 2 is 1.90 bits per heavy atom. The molecule has 0 aliphatic rings. The molecule has 106 valence electrons. The number of aromatic amines is 1. The van der Waals surface area contributed by atoms with E-state index < -0.39 is 5.97 Å². The summed E-state index contributed by atoms with van der Waals surface area (Å²) in [6, 6.07) is 13.9. The van der Waals surface area contributed by atoms with Crippen molar-refractivity contribution >= 4 is 16.7 Å². The number of aromatic nitrogens is 1. The maximum atomic E-state index is 13.6. The van der Waals surface area contributed by atoms with Crippen LogP contribution in [0.5, 0.6) is 0 Å². The van der Waals surface area contributed by atoms with Crippen molar-refractivity contribution in [3.8, 4) is 11.3 Å². The Morgan fingerprint density at radius 3 is 2.62 bits per heavy atom. The molecule has 0 saturated heterocycles. The Bertz CT molecular complexity index is 793. The van der Waals surface area contributed by atoms with E-state index in [2.05, 4.69) is 4.98 Å². The molecule has 0 amide bonds. The number of benzene rings is 2. The summed E-state index contributed by atoms with van der Waals surface area (Å²) in [7, 11) is 0. The summed E-state index contributed by atoms with van der Waals surface area (Å²) in [5, 5.41) is 1.33. The second-order valence-electron chi connectivity index (χ2n) is 4.65. The minimum Gasteiger partial charge on any atom is -0.461 e. The molecule has 3 nitrogen and oxygen atoms in total. The van der Waals surface area contributed by atoms with Crippen molar-refractivity contribution in [2.45, 2.75) is 6.92 Å². The fourth-order valence-electron chi connectivity index (χ4n) is 2.40. The lowest BCUT2D eigenvalue weighted by molar-refractivity contribution is 0.0522. The highest BCUT2D eigenvalue weighted by Gasteiger charge is 2.18. The van der Waals surface area contributed by atoms with Gasteiger partial charge in [-0.15, -0.1) is 0 Å². The van der Waals surface area contributed by atoms with Crippen molar-refractivity contribution in [3.05, 3.63) is 60.0 Å². The molecule has 1 aromatic heterocycles. The van der Waals surface area contributed by atoms with Gasteiger partial charge in [0.25, 0.3) is 0 Å². The lowest BCUT2D eigenvalue weighted by Gasteiger charge is -1.99. The molecule has 0 fully saturated rings. The molecule has 3 rings (SSSR count). The molecule has 0 spiro atoms. The van der Waals surface area contributed by atoms with Gasteiger partial charge in [-0.1, -0.05) is 30.3 Å². The van der Waals surface area contributed by atoms with Gasteiger partial charge in [0.2, 0.25) is 0 Å². The molecular formula is C17H14FNO2. The largest absolute Gasteiger partial charge is 0.461 e. The first-order chi connectivity index (χ1) is 10.2. The van der Waals surface area contributed by atoms with Crippen LogP contribution in [-0.4, -0.2) is 17.6 Å². The number of hydrogen-bond acceptors (Lipinski definition) is 2. The first-order valence-electron chi connectivity index (χ1n) is 6.74. The minimum absolute atomic E-state index is 0.293. The summed E-state index contributed by atoms with van der Waals surface area (Å²) in [4.78, 5) is 15.1. The van der Waals surface area contributed by atoms with E-state index in [1.807, 2.05) is 30.3 Å². The van der Waals surface area contributed by atoms with E-state index in [0.717, 1.165) is 5.56 Å². The molecule has 0 aliphatic heterocycles. The predicted octanol–water partition coefficient (Wildman–Crippen LogP) is 4.15. The number of hydrogen-bond donors (Lipinski definition) is 1. The van der Waals surface area contributed by atoms with Gasteiger partial charge in [-0.05, 0) is 30.7 Å². The molecule has 21 heavy (non-hydrogen) atoms. The SMILES string of the molecule is CCOC(=O)c1[nH]c(-c2ccccc2)c2cc(F)ccc12. The molecule has 4 heteroatoms. The summed E-state index contributed by atoms with van der Waals surface area (Å²) < 4.78 is 18.6. The van der Waals surface area contributed by atoms with Gasteiger partial charge in [0.15, 0.2) is 0 Å². The van der Waals surface area contributed by atoms with Crippen molar-refractivity contribution in [1.82, 2.24) is 4.98 Å². The minimum atomic E-state index is -0.434. The van der Waals surface area contributed by atoms with Gasteiger partial charge in [-0.2, -0.15) is 0 Å². The van der Waals surface area contributed by atoms with Gasteiger partial charge in [-0.3, -0.25) is 0 Å². The van der Waals surface area contributed by atoms with E-state index in [1.54, 1.807) is 13.0 Å². The number of esters is 1. The third kappa shape index (κ3) is 2.40. The third-order valence-corrected chi connectivity index (χ3v) is 3.31. The molecule has 1 N–H and O–H groups in total. The third-order valence-electron chi connectivity index (χ3n) is 3.31. The van der Waals surface area contributed by atoms with Crippen LogP contribution in [-0.2, 0) is 4.74 Å². The Labute approximate surface area is 121 Å². The van der Waals surface area contributed by atoms with Crippen molar-refractivity contribution in [3.63, 3.8) is 0 Å². The molecule has 3 aromatic rings. The molecule has 0 aliphatic carbocycles. The number of carbonyl (C=O) groups is 1. The number of fused-ring (bicyclic) bond motifs is 1. The van der Waals surface area contributed by atoms with Crippen LogP contribution in [0, 0.1) is 5.82 Å². The van der Waals surface area contributed by atoms with Gasteiger partial charge in [-0.25, -0.2) is 9.18 Å². The smallest absolute Gasteiger partial charge is 0.355 e. The molecule has 0 saturated carbocycles. The average Bonchev–Trinajstić information content (AvgIpc) is 2.87. The summed E-state index contributed by atoms with van der Waals surface area (Å²) in [6.07, 6.45) is 0. The monoisotopic (exact) mass is 283 g/mol. The molecule has 0 radical (unpaired) electrons. The van der Waals surface area contributed by atoms with E-state index >= 15 is 0 Å². The molecule has 0 atom stereocenters. The normalized spacial score (nSPS) is 10.8. The van der Waals surface area contributed by atoms with E-state index in [9.17, 15) is 9.18 Å². The van der Waals surface area contributed by atoms with Gasteiger partial charge >= 0.3 is 5.97 Å².